The Morgan fingerprint density at radius 1 is 1.10 bits per heavy atom. The summed E-state index contributed by atoms with van der Waals surface area (Å²) in [5, 5.41) is 10.8. The van der Waals surface area contributed by atoms with Gasteiger partial charge < -0.3 is 4.90 Å². The summed E-state index contributed by atoms with van der Waals surface area (Å²) in [6.45, 7) is 2.18. The lowest BCUT2D eigenvalue weighted by atomic mass is 10.0. The second-order valence-electron chi connectivity index (χ2n) is 7.11. The molecule has 2 aromatic carbocycles. The molecule has 0 aromatic heterocycles. The van der Waals surface area contributed by atoms with E-state index in [4.69, 9.17) is 0 Å². The van der Waals surface area contributed by atoms with E-state index >= 15 is 0 Å². The minimum atomic E-state index is -3.96. The van der Waals surface area contributed by atoms with Crippen molar-refractivity contribution in [3.05, 3.63) is 64.2 Å². The van der Waals surface area contributed by atoms with Gasteiger partial charge in [0.05, 0.1) is 9.82 Å². The lowest BCUT2D eigenvalue weighted by molar-refractivity contribution is -0.384. The number of nitrogens with zero attached hydrogens (tertiary/aromatic N) is 3. The molecule has 0 aliphatic carbocycles. The molecule has 1 aliphatic rings. The maximum Gasteiger partial charge on any atom is 0.269 e. The first-order valence-electron chi connectivity index (χ1n) is 9.32. The number of likely N-dealkylation sites (N-methyl/N-ethyl adjacent to an activating group) is 1. The number of amides is 1. The monoisotopic (exact) mass is 417 g/mol. The predicted molar refractivity (Wildman–Crippen MR) is 109 cm³/mol. The van der Waals surface area contributed by atoms with Crippen molar-refractivity contribution in [3.63, 3.8) is 0 Å². The molecule has 1 heterocycles. The molecule has 3 rings (SSSR count). The van der Waals surface area contributed by atoms with E-state index in [1.807, 2.05) is 31.2 Å². The molecule has 9 heteroatoms. The number of sulfonamides is 1. The molecule has 0 bridgehead atoms. The molecule has 1 atom stereocenters. The Morgan fingerprint density at radius 3 is 2.31 bits per heavy atom. The van der Waals surface area contributed by atoms with Crippen LogP contribution in [0.25, 0.3) is 0 Å². The molecule has 154 valence electrons. The van der Waals surface area contributed by atoms with Crippen LogP contribution in [0, 0.1) is 17.0 Å². The highest BCUT2D eigenvalue weighted by molar-refractivity contribution is 7.89. The van der Waals surface area contributed by atoms with E-state index < -0.39 is 21.0 Å². The molecular formula is C20H23N3O5S. The normalized spacial score (nSPS) is 17.7. The molecular weight excluding hydrogens is 394 g/mol. The molecule has 29 heavy (non-hydrogen) atoms. The Bertz CT molecular complexity index is 1000. The Labute approximate surface area is 169 Å². The molecule has 1 unspecified atom stereocenters. The van der Waals surface area contributed by atoms with Crippen LogP contribution < -0.4 is 4.90 Å². The Hall–Kier alpha value is -2.78. The summed E-state index contributed by atoms with van der Waals surface area (Å²) in [6, 6.07) is 11.4. The molecule has 1 fully saturated rings. The second-order valence-corrected chi connectivity index (χ2v) is 9.00. The maximum absolute atomic E-state index is 13.2. The van der Waals surface area contributed by atoms with Gasteiger partial charge in [0.1, 0.15) is 6.04 Å². The van der Waals surface area contributed by atoms with Crippen LogP contribution in [0.2, 0.25) is 0 Å². The largest absolute Gasteiger partial charge is 0.314 e. The van der Waals surface area contributed by atoms with Crippen LogP contribution in [0.15, 0.2) is 53.4 Å². The standard InChI is InChI=1S/C20H23N3O5S/c1-15-6-8-16(9-7-15)21(2)20(24)19-5-3-4-14-22(19)29(27,28)18-12-10-17(11-13-18)23(25)26/h6-13,19H,3-5,14H2,1-2H3. The third-order valence-corrected chi connectivity index (χ3v) is 7.07. The molecule has 8 nitrogen and oxygen atoms in total. The summed E-state index contributed by atoms with van der Waals surface area (Å²) < 4.78 is 27.6. The lowest BCUT2D eigenvalue weighted by Gasteiger charge is -2.35. The molecule has 1 aliphatic heterocycles. The second kappa shape index (κ2) is 8.30. The average molecular weight is 417 g/mol. The van der Waals surface area contributed by atoms with Gasteiger partial charge in [0, 0.05) is 31.4 Å². The Balaban J connectivity index is 1.89. The number of nitro groups is 1. The topological polar surface area (TPSA) is 101 Å². The first-order chi connectivity index (χ1) is 13.7. The number of anilines is 1. The van der Waals surface area contributed by atoms with E-state index in [-0.39, 0.29) is 23.0 Å². The van der Waals surface area contributed by atoms with Crippen molar-refractivity contribution in [2.45, 2.75) is 37.1 Å². The number of benzene rings is 2. The van der Waals surface area contributed by atoms with Crippen molar-refractivity contribution in [1.82, 2.24) is 4.31 Å². The van der Waals surface area contributed by atoms with E-state index in [1.165, 1.54) is 21.3 Å². The van der Waals surface area contributed by atoms with E-state index in [9.17, 15) is 23.3 Å². The number of carbonyl (C=O) groups excluding carboxylic acids is 1. The number of carbonyl (C=O) groups is 1. The van der Waals surface area contributed by atoms with Gasteiger partial charge >= 0.3 is 0 Å². The summed E-state index contributed by atoms with van der Waals surface area (Å²) in [4.78, 5) is 24.8. The van der Waals surface area contributed by atoms with Gasteiger partial charge in [-0.15, -0.1) is 0 Å². The van der Waals surface area contributed by atoms with Crippen molar-refractivity contribution in [2.24, 2.45) is 0 Å². The molecule has 1 saturated heterocycles. The number of non-ortho nitro benzene ring substituents is 1. The van der Waals surface area contributed by atoms with Crippen LogP contribution in [-0.4, -0.2) is 43.2 Å². The summed E-state index contributed by atoms with van der Waals surface area (Å²) in [5.41, 5.74) is 1.57. The highest BCUT2D eigenvalue weighted by atomic mass is 32.2. The van der Waals surface area contributed by atoms with Crippen LogP contribution in [0.1, 0.15) is 24.8 Å². The maximum atomic E-state index is 13.2. The van der Waals surface area contributed by atoms with Crippen LogP contribution in [0.3, 0.4) is 0 Å². The van der Waals surface area contributed by atoms with E-state index in [2.05, 4.69) is 0 Å². The van der Waals surface area contributed by atoms with Gasteiger partial charge in [-0.2, -0.15) is 4.31 Å². The van der Waals surface area contributed by atoms with Crippen molar-refractivity contribution >= 4 is 27.3 Å². The summed E-state index contributed by atoms with van der Waals surface area (Å²) in [5.74, 6) is -0.293. The fraction of sp³-hybridized carbons (Fsp3) is 0.350. The van der Waals surface area contributed by atoms with Gasteiger partial charge in [0.2, 0.25) is 15.9 Å². The summed E-state index contributed by atoms with van der Waals surface area (Å²) in [7, 11) is -2.32. The van der Waals surface area contributed by atoms with Gasteiger partial charge in [0.15, 0.2) is 0 Å². The quantitative estimate of drug-likeness (QED) is 0.550. The zero-order valence-electron chi connectivity index (χ0n) is 16.3. The smallest absolute Gasteiger partial charge is 0.269 e. The minimum absolute atomic E-state index is 0.0548. The van der Waals surface area contributed by atoms with Gasteiger partial charge in [0.25, 0.3) is 5.69 Å². The van der Waals surface area contributed by atoms with Crippen molar-refractivity contribution in [3.8, 4) is 0 Å². The Morgan fingerprint density at radius 2 is 1.72 bits per heavy atom. The van der Waals surface area contributed by atoms with E-state index in [0.29, 0.717) is 18.5 Å². The highest BCUT2D eigenvalue weighted by Gasteiger charge is 2.39. The van der Waals surface area contributed by atoms with Crippen molar-refractivity contribution in [2.75, 3.05) is 18.5 Å². The van der Waals surface area contributed by atoms with Gasteiger partial charge in [-0.25, -0.2) is 8.42 Å². The molecule has 1 amide bonds. The molecule has 2 aromatic rings. The first-order valence-corrected chi connectivity index (χ1v) is 10.8. The predicted octanol–water partition coefficient (Wildman–Crippen LogP) is 3.11. The van der Waals surface area contributed by atoms with Gasteiger partial charge in [-0.3, -0.25) is 14.9 Å². The SMILES string of the molecule is Cc1ccc(N(C)C(=O)C2CCCCN2S(=O)(=O)c2ccc([N+](=O)[O-])cc2)cc1. The zero-order valence-corrected chi connectivity index (χ0v) is 17.1. The first kappa shape index (κ1) is 20.9. The fourth-order valence-electron chi connectivity index (χ4n) is 3.43. The number of rotatable bonds is 5. The van der Waals surface area contributed by atoms with E-state index in [1.54, 1.807) is 7.05 Å². The number of piperidine rings is 1. The van der Waals surface area contributed by atoms with Gasteiger partial charge in [-0.1, -0.05) is 24.1 Å². The average Bonchev–Trinajstić information content (AvgIpc) is 2.73. The van der Waals surface area contributed by atoms with Crippen LogP contribution in [0.4, 0.5) is 11.4 Å². The van der Waals surface area contributed by atoms with E-state index in [0.717, 1.165) is 24.1 Å². The lowest BCUT2D eigenvalue weighted by Crippen LogP contribution is -2.52. The third kappa shape index (κ3) is 4.30. The zero-order chi connectivity index (χ0) is 21.2. The minimum Gasteiger partial charge on any atom is -0.314 e. The van der Waals surface area contributed by atoms with Gasteiger partial charge in [-0.05, 0) is 44.0 Å². The molecule has 0 radical (unpaired) electrons. The summed E-state index contributed by atoms with van der Waals surface area (Å²) in [6.07, 6.45) is 1.84. The number of nitro benzene ring substituents is 1. The number of hydrogen-bond acceptors (Lipinski definition) is 5. The fourth-order valence-corrected chi connectivity index (χ4v) is 5.08. The number of aryl methyl sites for hydroxylation is 1. The highest BCUT2D eigenvalue weighted by Crippen LogP contribution is 2.28. The van der Waals surface area contributed by atoms with Crippen molar-refractivity contribution in [1.29, 1.82) is 0 Å². The summed E-state index contributed by atoms with van der Waals surface area (Å²) >= 11 is 0. The molecule has 0 saturated carbocycles. The number of hydrogen-bond donors (Lipinski definition) is 0. The van der Waals surface area contributed by atoms with Crippen molar-refractivity contribution < 1.29 is 18.1 Å². The third-order valence-electron chi connectivity index (χ3n) is 5.14. The van der Waals surface area contributed by atoms with Crippen LogP contribution in [0.5, 0.6) is 0 Å². The van der Waals surface area contributed by atoms with Crippen LogP contribution in [-0.2, 0) is 14.8 Å². The molecule has 0 N–H and O–H groups in total. The van der Waals surface area contributed by atoms with Crippen LogP contribution >= 0.6 is 0 Å². The molecule has 0 spiro atoms. The Kier molecular flexibility index (Phi) is 5.99.